The van der Waals surface area contributed by atoms with Crippen molar-refractivity contribution in [2.75, 3.05) is 7.05 Å². The summed E-state index contributed by atoms with van der Waals surface area (Å²) in [6, 6.07) is 7.23. The van der Waals surface area contributed by atoms with E-state index in [4.69, 9.17) is 0 Å². The van der Waals surface area contributed by atoms with E-state index in [1.54, 1.807) is 32.2 Å². The molecule has 0 spiro atoms. The molecule has 7 heteroatoms. The van der Waals surface area contributed by atoms with Gasteiger partial charge in [-0.15, -0.1) is 0 Å². The highest BCUT2D eigenvalue weighted by Crippen LogP contribution is 2.31. The van der Waals surface area contributed by atoms with Gasteiger partial charge in [-0.2, -0.15) is 13.2 Å². The fourth-order valence-electron chi connectivity index (χ4n) is 2.43. The summed E-state index contributed by atoms with van der Waals surface area (Å²) in [5, 5.41) is 2.54. The third-order valence-corrected chi connectivity index (χ3v) is 3.67. The molecule has 4 nitrogen and oxygen atoms in total. The van der Waals surface area contributed by atoms with E-state index in [9.17, 15) is 18.0 Å². The average Bonchev–Trinajstić information content (AvgIpc) is 2.52. The van der Waals surface area contributed by atoms with Crippen molar-refractivity contribution in [2.45, 2.75) is 32.4 Å². The first kappa shape index (κ1) is 17.9. The van der Waals surface area contributed by atoms with Crippen LogP contribution < -0.4 is 5.32 Å². The molecule has 0 radical (unpaired) electrons. The molecule has 0 bridgehead atoms. The van der Waals surface area contributed by atoms with Crippen LogP contribution in [0.1, 0.15) is 28.2 Å². The number of aryl methyl sites for hydroxylation is 3. The van der Waals surface area contributed by atoms with Crippen LogP contribution in [0.2, 0.25) is 0 Å². The maximum absolute atomic E-state index is 13.1. The molecule has 2 rings (SSSR count). The Morgan fingerprint density at radius 2 is 1.83 bits per heavy atom. The highest BCUT2D eigenvalue weighted by atomic mass is 19.4. The van der Waals surface area contributed by atoms with Gasteiger partial charge in [0.15, 0.2) is 0 Å². The summed E-state index contributed by atoms with van der Waals surface area (Å²) in [4.78, 5) is 19.2. The Morgan fingerprint density at radius 1 is 1.17 bits per heavy atom. The summed E-state index contributed by atoms with van der Waals surface area (Å²) in [7, 11) is 1.55. The fraction of sp³-hybridized carbons (Fsp3) is 0.353. The zero-order valence-corrected chi connectivity index (χ0v) is 13.4. The van der Waals surface area contributed by atoms with Crippen LogP contribution in [0.4, 0.5) is 13.2 Å². The van der Waals surface area contributed by atoms with Gasteiger partial charge in [0.25, 0.3) is 0 Å². The largest absolute Gasteiger partial charge is 0.419 e. The molecule has 0 unspecified atom stereocenters. The van der Waals surface area contributed by atoms with E-state index in [0.717, 1.165) is 17.3 Å². The average molecular weight is 337 g/mol. The van der Waals surface area contributed by atoms with Crippen LogP contribution in [-0.2, 0) is 30.2 Å². The zero-order chi connectivity index (χ0) is 17.7. The first-order valence-electron chi connectivity index (χ1n) is 7.48. The van der Waals surface area contributed by atoms with Crippen LogP contribution in [0.3, 0.4) is 0 Å². The molecule has 0 fully saturated rings. The standard InChI is InChI=1S/C17H18F3N3O/c1-11-22-10-14(17(18,19)20)15(23-11)8-7-12-5-3-4-6-13(12)9-16(24)21-2/h3-6,10H,7-9H2,1-2H3,(H,21,24). The van der Waals surface area contributed by atoms with E-state index in [2.05, 4.69) is 15.3 Å². The van der Waals surface area contributed by atoms with Gasteiger partial charge in [-0.1, -0.05) is 24.3 Å². The zero-order valence-electron chi connectivity index (χ0n) is 13.4. The Morgan fingerprint density at radius 3 is 2.46 bits per heavy atom. The van der Waals surface area contributed by atoms with Crippen molar-refractivity contribution in [1.29, 1.82) is 0 Å². The first-order valence-corrected chi connectivity index (χ1v) is 7.48. The van der Waals surface area contributed by atoms with Gasteiger partial charge in [0, 0.05) is 13.2 Å². The van der Waals surface area contributed by atoms with Gasteiger partial charge in [0.2, 0.25) is 5.91 Å². The molecule has 24 heavy (non-hydrogen) atoms. The van der Waals surface area contributed by atoms with Crippen molar-refractivity contribution in [3.05, 3.63) is 58.7 Å². The molecule has 0 atom stereocenters. The van der Waals surface area contributed by atoms with Gasteiger partial charge >= 0.3 is 6.18 Å². The van der Waals surface area contributed by atoms with Gasteiger partial charge < -0.3 is 5.32 Å². The van der Waals surface area contributed by atoms with Gasteiger partial charge in [0.05, 0.1) is 17.7 Å². The molecule has 0 aliphatic rings. The lowest BCUT2D eigenvalue weighted by molar-refractivity contribution is -0.138. The number of nitrogens with one attached hydrogen (secondary N) is 1. The van der Waals surface area contributed by atoms with E-state index in [-0.39, 0.29) is 24.4 Å². The molecule has 1 N–H and O–H groups in total. The SMILES string of the molecule is CNC(=O)Cc1ccccc1CCc1nc(C)ncc1C(F)(F)F. The van der Waals surface area contributed by atoms with Crippen LogP contribution in [-0.4, -0.2) is 22.9 Å². The highest BCUT2D eigenvalue weighted by molar-refractivity contribution is 5.78. The van der Waals surface area contributed by atoms with Crippen molar-refractivity contribution >= 4 is 5.91 Å². The summed E-state index contributed by atoms with van der Waals surface area (Å²) >= 11 is 0. The summed E-state index contributed by atoms with van der Waals surface area (Å²) in [5.74, 6) is 0.160. The molecule has 0 saturated heterocycles. The van der Waals surface area contributed by atoms with Crippen LogP contribution in [0.25, 0.3) is 0 Å². The maximum Gasteiger partial charge on any atom is 0.419 e. The molecule has 1 heterocycles. The van der Waals surface area contributed by atoms with E-state index in [1.807, 2.05) is 6.07 Å². The van der Waals surface area contributed by atoms with E-state index < -0.39 is 11.7 Å². The van der Waals surface area contributed by atoms with E-state index in [1.165, 1.54) is 0 Å². The van der Waals surface area contributed by atoms with Crippen LogP contribution in [0.15, 0.2) is 30.5 Å². The number of carbonyl (C=O) groups excluding carboxylic acids is 1. The number of hydrogen-bond donors (Lipinski definition) is 1. The molecule has 1 amide bonds. The molecule has 128 valence electrons. The molecule has 0 aliphatic carbocycles. The van der Waals surface area contributed by atoms with E-state index in [0.29, 0.717) is 12.2 Å². The molecule has 2 aromatic rings. The third-order valence-electron chi connectivity index (χ3n) is 3.67. The minimum atomic E-state index is -4.48. The Bertz CT molecular complexity index is 729. The monoisotopic (exact) mass is 337 g/mol. The number of rotatable bonds is 5. The predicted molar refractivity (Wildman–Crippen MR) is 83.4 cm³/mol. The summed E-state index contributed by atoms with van der Waals surface area (Å²) in [6.45, 7) is 1.56. The summed E-state index contributed by atoms with van der Waals surface area (Å²) < 4.78 is 39.2. The minimum Gasteiger partial charge on any atom is -0.359 e. The number of aromatic nitrogens is 2. The molecule has 1 aromatic heterocycles. The van der Waals surface area contributed by atoms with Gasteiger partial charge in [-0.05, 0) is 30.9 Å². The van der Waals surface area contributed by atoms with E-state index >= 15 is 0 Å². The number of amides is 1. The maximum atomic E-state index is 13.1. The Balaban J connectivity index is 2.23. The Hall–Kier alpha value is -2.44. The van der Waals surface area contributed by atoms with Crippen LogP contribution in [0, 0.1) is 6.92 Å². The second-order valence-corrected chi connectivity index (χ2v) is 5.39. The van der Waals surface area contributed by atoms with Crippen LogP contribution in [0.5, 0.6) is 0 Å². The summed E-state index contributed by atoms with van der Waals surface area (Å²) in [5.41, 5.74) is 0.809. The van der Waals surface area contributed by atoms with Crippen molar-refractivity contribution in [3.63, 3.8) is 0 Å². The second-order valence-electron chi connectivity index (χ2n) is 5.39. The topological polar surface area (TPSA) is 54.9 Å². The number of carbonyl (C=O) groups is 1. The lowest BCUT2D eigenvalue weighted by Gasteiger charge is -2.13. The highest BCUT2D eigenvalue weighted by Gasteiger charge is 2.34. The smallest absolute Gasteiger partial charge is 0.359 e. The van der Waals surface area contributed by atoms with Crippen molar-refractivity contribution in [1.82, 2.24) is 15.3 Å². The normalized spacial score (nSPS) is 11.4. The van der Waals surface area contributed by atoms with Crippen molar-refractivity contribution < 1.29 is 18.0 Å². The van der Waals surface area contributed by atoms with Gasteiger partial charge in [-0.3, -0.25) is 4.79 Å². The van der Waals surface area contributed by atoms with Gasteiger partial charge in [-0.25, -0.2) is 9.97 Å². The van der Waals surface area contributed by atoms with Crippen molar-refractivity contribution in [2.24, 2.45) is 0 Å². The molecular formula is C17H18F3N3O. The summed E-state index contributed by atoms with van der Waals surface area (Å²) in [6.07, 6.45) is -2.96. The van der Waals surface area contributed by atoms with Crippen molar-refractivity contribution in [3.8, 4) is 0 Å². The quantitative estimate of drug-likeness (QED) is 0.913. The first-order chi connectivity index (χ1) is 11.3. The number of halogens is 3. The third kappa shape index (κ3) is 4.53. The predicted octanol–water partition coefficient (Wildman–Crippen LogP) is 2.88. The fourth-order valence-corrected chi connectivity index (χ4v) is 2.43. The number of benzene rings is 1. The minimum absolute atomic E-state index is 0.0234. The van der Waals surface area contributed by atoms with Gasteiger partial charge in [0.1, 0.15) is 5.82 Å². The van der Waals surface area contributed by atoms with Crippen LogP contribution >= 0.6 is 0 Å². The number of hydrogen-bond acceptors (Lipinski definition) is 3. The lowest BCUT2D eigenvalue weighted by Crippen LogP contribution is -2.20. The number of likely N-dealkylation sites (N-methyl/N-ethyl adjacent to an activating group) is 1. The number of alkyl halides is 3. The Labute approximate surface area is 138 Å². The second kappa shape index (κ2) is 7.42. The molecular weight excluding hydrogens is 319 g/mol. The number of nitrogens with zero attached hydrogens (tertiary/aromatic N) is 2. The molecule has 0 saturated carbocycles. The lowest BCUT2D eigenvalue weighted by atomic mass is 9.98. The molecule has 0 aliphatic heterocycles. The Kier molecular flexibility index (Phi) is 5.54. The molecule has 1 aromatic carbocycles.